The van der Waals surface area contributed by atoms with Gasteiger partial charge in [0.05, 0.1) is 5.56 Å². The first-order chi connectivity index (χ1) is 9.38. The number of aryl methyl sites for hydroxylation is 2. The van der Waals surface area contributed by atoms with Gasteiger partial charge in [0.1, 0.15) is 22.3 Å². The zero-order chi connectivity index (χ0) is 14.9. The second-order valence-electron chi connectivity index (χ2n) is 4.48. The molecule has 2 rings (SSSR count). The number of benzene rings is 2. The minimum absolute atomic E-state index is 0.0868. The Balaban J connectivity index is 2.48. The van der Waals surface area contributed by atoms with E-state index in [2.05, 4.69) is 0 Å². The van der Waals surface area contributed by atoms with Crippen LogP contribution in [0, 0.1) is 19.7 Å². The van der Waals surface area contributed by atoms with E-state index in [-0.39, 0.29) is 4.99 Å². The molecule has 0 fully saturated rings. The molecule has 2 nitrogen and oxygen atoms in total. The Morgan fingerprint density at radius 3 is 2.35 bits per heavy atom. The van der Waals surface area contributed by atoms with Crippen LogP contribution in [0.2, 0.25) is 5.02 Å². The molecule has 0 saturated carbocycles. The molecule has 0 aliphatic heterocycles. The first kappa shape index (κ1) is 14.8. The Bertz CT molecular complexity index is 665. The van der Waals surface area contributed by atoms with Gasteiger partial charge in [-0.1, -0.05) is 23.8 Å². The van der Waals surface area contributed by atoms with Gasteiger partial charge in [-0.05, 0) is 55.3 Å². The molecule has 20 heavy (non-hydrogen) atoms. The fourth-order valence-electron chi connectivity index (χ4n) is 1.95. The van der Waals surface area contributed by atoms with Crippen LogP contribution >= 0.6 is 23.8 Å². The summed E-state index contributed by atoms with van der Waals surface area (Å²) in [6.07, 6.45) is 0. The lowest BCUT2D eigenvalue weighted by atomic mass is 10.1. The van der Waals surface area contributed by atoms with Gasteiger partial charge in [-0.2, -0.15) is 0 Å². The maximum atomic E-state index is 13.3. The molecule has 104 valence electrons. The molecule has 0 atom stereocenters. The van der Waals surface area contributed by atoms with E-state index in [9.17, 15) is 4.39 Å². The standard InChI is InChI=1S/C15H13ClFNOS/c1-8-5-10(16)6-9(2)14(8)19-13-4-3-11(17)7-12(13)15(18)20/h3-7H,1-2H3,(H2,18,20). The highest BCUT2D eigenvalue weighted by Crippen LogP contribution is 2.33. The minimum Gasteiger partial charge on any atom is -0.456 e. The highest BCUT2D eigenvalue weighted by Gasteiger charge is 2.12. The van der Waals surface area contributed by atoms with E-state index < -0.39 is 5.82 Å². The molecule has 0 bridgehead atoms. The van der Waals surface area contributed by atoms with Crippen LogP contribution in [0.1, 0.15) is 16.7 Å². The molecular formula is C15H13ClFNOS. The molecule has 2 N–H and O–H groups in total. The third-order valence-corrected chi connectivity index (χ3v) is 3.28. The SMILES string of the molecule is Cc1cc(Cl)cc(C)c1Oc1ccc(F)cc1C(N)=S. The van der Waals surface area contributed by atoms with Gasteiger partial charge in [0.15, 0.2) is 0 Å². The quantitative estimate of drug-likeness (QED) is 0.846. The number of hydrogen-bond donors (Lipinski definition) is 1. The van der Waals surface area contributed by atoms with Crippen LogP contribution in [-0.2, 0) is 0 Å². The van der Waals surface area contributed by atoms with Gasteiger partial charge in [0.2, 0.25) is 0 Å². The van der Waals surface area contributed by atoms with Gasteiger partial charge < -0.3 is 10.5 Å². The lowest BCUT2D eigenvalue weighted by molar-refractivity contribution is 0.472. The summed E-state index contributed by atoms with van der Waals surface area (Å²) in [4.78, 5) is 0.0868. The van der Waals surface area contributed by atoms with E-state index in [1.807, 2.05) is 13.8 Å². The number of rotatable bonds is 3. The van der Waals surface area contributed by atoms with Gasteiger partial charge in [-0.3, -0.25) is 0 Å². The fraction of sp³-hybridized carbons (Fsp3) is 0.133. The third kappa shape index (κ3) is 3.08. The van der Waals surface area contributed by atoms with Crippen molar-refractivity contribution in [2.45, 2.75) is 13.8 Å². The second kappa shape index (κ2) is 5.77. The van der Waals surface area contributed by atoms with Crippen molar-refractivity contribution in [3.8, 4) is 11.5 Å². The number of halogens is 2. The third-order valence-electron chi connectivity index (χ3n) is 2.84. The van der Waals surface area contributed by atoms with Crippen molar-refractivity contribution >= 4 is 28.8 Å². The van der Waals surface area contributed by atoms with E-state index in [1.165, 1.54) is 18.2 Å². The lowest BCUT2D eigenvalue weighted by Gasteiger charge is -2.15. The maximum Gasteiger partial charge on any atom is 0.137 e. The van der Waals surface area contributed by atoms with E-state index >= 15 is 0 Å². The predicted molar refractivity (Wildman–Crippen MR) is 83.3 cm³/mol. The normalized spacial score (nSPS) is 10.4. The summed E-state index contributed by atoms with van der Waals surface area (Å²) in [5, 5.41) is 0.640. The Morgan fingerprint density at radius 1 is 1.20 bits per heavy atom. The van der Waals surface area contributed by atoms with Crippen LogP contribution in [0.25, 0.3) is 0 Å². The highest BCUT2D eigenvalue weighted by molar-refractivity contribution is 7.80. The van der Waals surface area contributed by atoms with Crippen LogP contribution in [0.15, 0.2) is 30.3 Å². The molecule has 0 saturated heterocycles. The Hall–Kier alpha value is -1.65. The van der Waals surface area contributed by atoms with Crippen molar-refractivity contribution in [1.29, 1.82) is 0 Å². The van der Waals surface area contributed by atoms with Crippen LogP contribution in [0.5, 0.6) is 11.5 Å². The summed E-state index contributed by atoms with van der Waals surface area (Å²) in [6, 6.07) is 7.68. The lowest BCUT2D eigenvalue weighted by Crippen LogP contribution is -2.11. The molecule has 0 aromatic heterocycles. The van der Waals surface area contributed by atoms with E-state index in [1.54, 1.807) is 12.1 Å². The van der Waals surface area contributed by atoms with Crippen molar-refractivity contribution in [3.05, 3.63) is 57.9 Å². The Kier molecular flexibility index (Phi) is 4.26. The van der Waals surface area contributed by atoms with Gasteiger partial charge >= 0.3 is 0 Å². The van der Waals surface area contributed by atoms with E-state index in [0.29, 0.717) is 22.1 Å². The predicted octanol–water partition coefficient (Wildman–Crippen LogP) is 4.52. The van der Waals surface area contributed by atoms with Gasteiger partial charge in [-0.25, -0.2) is 4.39 Å². The molecule has 5 heteroatoms. The molecule has 0 amide bonds. The average molecular weight is 310 g/mol. The summed E-state index contributed by atoms with van der Waals surface area (Å²) in [5.74, 6) is 0.677. The Morgan fingerprint density at radius 2 is 1.80 bits per heavy atom. The van der Waals surface area contributed by atoms with Crippen molar-refractivity contribution in [2.75, 3.05) is 0 Å². The number of ether oxygens (including phenoxy) is 1. The molecule has 0 heterocycles. The van der Waals surface area contributed by atoms with Gasteiger partial charge in [0, 0.05) is 5.02 Å². The molecule has 0 aliphatic rings. The van der Waals surface area contributed by atoms with Gasteiger partial charge in [-0.15, -0.1) is 0 Å². The van der Waals surface area contributed by atoms with Crippen LogP contribution in [0.3, 0.4) is 0 Å². The minimum atomic E-state index is -0.412. The summed E-state index contributed by atoms with van der Waals surface area (Å²) >= 11 is 10.9. The van der Waals surface area contributed by atoms with Crippen molar-refractivity contribution in [2.24, 2.45) is 5.73 Å². The number of hydrogen-bond acceptors (Lipinski definition) is 2. The summed E-state index contributed by atoms with van der Waals surface area (Å²) in [7, 11) is 0. The smallest absolute Gasteiger partial charge is 0.137 e. The summed E-state index contributed by atoms with van der Waals surface area (Å²) < 4.78 is 19.1. The van der Waals surface area contributed by atoms with Crippen LogP contribution in [0.4, 0.5) is 4.39 Å². The topological polar surface area (TPSA) is 35.2 Å². The van der Waals surface area contributed by atoms with Crippen LogP contribution in [-0.4, -0.2) is 4.99 Å². The van der Waals surface area contributed by atoms with Crippen molar-refractivity contribution in [1.82, 2.24) is 0 Å². The molecule has 2 aromatic carbocycles. The zero-order valence-electron chi connectivity index (χ0n) is 11.0. The fourth-order valence-corrected chi connectivity index (χ4v) is 2.44. The molecule has 0 spiro atoms. The zero-order valence-corrected chi connectivity index (χ0v) is 12.6. The van der Waals surface area contributed by atoms with E-state index in [0.717, 1.165) is 11.1 Å². The van der Waals surface area contributed by atoms with Crippen molar-refractivity contribution in [3.63, 3.8) is 0 Å². The first-order valence-corrected chi connectivity index (χ1v) is 6.71. The number of nitrogens with two attached hydrogens (primary N) is 1. The van der Waals surface area contributed by atoms with Crippen LogP contribution < -0.4 is 10.5 Å². The monoisotopic (exact) mass is 309 g/mol. The molecular weight excluding hydrogens is 297 g/mol. The largest absolute Gasteiger partial charge is 0.456 e. The van der Waals surface area contributed by atoms with Crippen molar-refractivity contribution < 1.29 is 9.13 Å². The summed E-state index contributed by atoms with van der Waals surface area (Å²) in [5.41, 5.74) is 7.74. The van der Waals surface area contributed by atoms with E-state index in [4.69, 9.17) is 34.3 Å². The number of thiocarbonyl (C=S) groups is 1. The summed E-state index contributed by atoms with van der Waals surface area (Å²) in [6.45, 7) is 3.77. The maximum absolute atomic E-state index is 13.3. The molecule has 0 aliphatic carbocycles. The average Bonchev–Trinajstić information content (AvgIpc) is 2.34. The molecule has 0 radical (unpaired) electrons. The molecule has 0 unspecified atom stereocenters. The molecule has 2 aromatic rings. The van der Waals surface area contributed by atoms with Gasteiger partial charge in [0.25, 0.3) is 0 Å². The Labute approximate surface area is 127 Å². The highest BCUT2D eigenvalue weighted by atomic mass is 35.5. The first-order valence-electron chi connectivity index (χ1n) is 5.92. The second-order valence-corrected chi connectivity index (χ2v) is 5.35.